The molecule has 0 aliphatic carbocycles. The largest absolute Gasteiger partial charge is 0.366 e. The summed E-state index contributed by atoms with van der Waals surface area (Å²) in [5, 5.41) is 3.20. The van der Waals surface area contributed by atoms with Gasteiger partial charge in [0.2, 0.25) is 5.91 Å². The average Bonchev–Trinajstić information content (AvgIpc) is 2.46. The number of carbonyl (C=O) groups is 1. The molecule has 0 aromatic carbocycles. The van der Waals surface area contributed by atoms with E-state index < -0.39 is 5.91 Å². The Labute approximate surface area is 114 Å². The van der Waals surface area contributed by atoms with Crippen LogP contribution >= 0.6 is 0 Å². The Morgan fingerprint density at radius 2 is 2.26 bits per heavy atom. The van der Waals surface area contributed by atoms with E-state index in [1.54, 1.807) is 18.3 Å². The lowest BCUT2D eigenvalue weighted by Gasteiger charge is -2.32. The van der Waals surface area contributed by atoms with Crippen molar-refractivity contribution in [3.63, 3.8) is 0 Å². The Hall–Kier alpha value is -1.62. The van der Waals surface area contributed by atoms with E-state index >= 15 is 0 Å². The first-order chi connectivity index (χ1) is 9.20. The van der Waals surface area contributed by atoms with E-state index in [1.807, 2.05) is 7.05 Å². The number of nitrogens with one attached hydrogen (secondary N) is 1. The highest BCUT2D eigenvalue weighted by atomic mass is 16.1. The maximum atomic E-state index is 11.2. The lowest BCUT2D eigenvalue weighted by Crippen LogP contribution is -2.35. The van der Waals surface area contributed by atoms with Crippen LogP contribution in [0.5, 0.6) is 0 Å². The molecule has 0 spiro atoms. The van der Waals surface area contributed by atoms with Gasteiger partial charge in [-0.3, -0.25) is 4.79 Å². The van der Waals surface area contributed by atoms with Crippen LogP contribution in [0.1, 0.15) is 29.6 Å². The van der Waals surface area contributed by atoms with Crippen LogP contribution in [0.4, 0.5) is 5.82 Å². The zero-order valence-electron chi connectivity index (χ0n) is 11.4. The Balaban J connectivity index is 1.94. The van der Waals surface area contributed by atoms with Crippen LogP contribution in [0.15, 0.2) is 18.3 Å². The number of pyridine rings is 1. The third-order valence-corrected chi connectivity index (χ3v) is 3.77. The van der Waals surface area contributed by atoms with E-state index in [0.29, 0.717) is 5.56 Å². The van der Waals surface area contributed by atoms with Crippen molar-refractivity contribution >= 4 is 11.7 Å². The van der Waals surface area contributed by atoms with Gasteiger partial charge in [0, 0.05) is 24.8 Å². The average molecular weight is 262 g/mol. The summed E-state index contributed by atoms with van der Waals surface area (Å²) in [6.07, 6.45) is 5.26. The molecular formula is C14H22N4O. The Kier molecular flexibility index (Phi) is 4.74. The lowest BCUT2D eigenvalue weighted by molar-refractivity contribution is 0.1000. The normalized spacial score (nSPS) is 16.6. The molecule has 0 bridgehead atoms. The number of rotatable bonds is 5. The number of nitrogens with two attached hydrogens (primary N) is 1. The standard InChI is InChI=1S/C14H22N4O/c1-16-6-2-11-4-8-18(9-5-11)13-10-12(14(15)19)3-7-17-13/h3,7,10-11,16H,2,4-6,8-9H2,1H3,(H2,15,19). The van der Waals surface area contributed by atoms with Gasteiger partial charge in [-0.05, 0) is 50.9 Å². The first-order valence-electron chi connectivity index (χ1n) is 6.86. The topological polar surface area (TPSA) is 71.2 Å². The van der Waals surface area contributed by atoms with Gasteiger partial charge in [-0.2, -0.15) is 0 Å². The molecule has 5 nitrogen and oxygen atoms in total. The molecule has 1 aliphatic rings. The van der Waals surface area contributed by atoms with Gasteiger partial charge in [-0.1, -0.05) is 0 Å². The van der Waals surface area contributed by atoms with Gasteiger partial charge < -0.3 is 16.0 Å². The predicted molar refractivity (Wildman–Crippen MR) is 76.2 cm³/mol. The fourth-order valence-corrected chi connectivity index (χ4v) is 2.54. The summed E-state index contributed by atoms with van der Waals surface area (Å²) in [6.45, 7) is 3.09. The van der Waals surface area contributed by atoms with Crippen LogP contribution in [-0.4, -0.2) is 37.6 Å². The highest BCUT2D eigenvalue weighted by Crippen LogP contribution is 2.24. The number of nitrogens with zero attached hydrogens (tertiary/aromatic N) is 2. The van der Waals surface area contributed by atoms with Gasteiger partial charge in [0.15, 0.2) is 0 Å². The Bertz CT molecular complexity index is 427. The molecule has 3 N–H and O–H groups in total. The number of piperidine rings is 1. The van der Waals surface area contributed by atoms with E-state index in [9.17, 15) is 4.79 Å². The monoisotopic (exact) mass is 262 g/mol. The fourth-order valence-electron chi connectivity index (χ4n) is 2.54. The highest BCUT2D eigenvalue weighted by Gasteiger charge is 2.20. The van der Waals surface area contributed by atoms with Gasteiger partial charge in [-0.25, -0.2) is 4.98 Å². The fraction of sp³-hybridized carbons (Fsp3) is 0.571. The number of hydrogen-bond donors (Lipinski definition) is 2. The van der Waals surface area contributed by atoms with Gasteiger partial charge in [0.25, 0.3) is 0 Å². The number of aromatic nitrogens is 1. The molecular weight excluding hydrogens is 240 g/mol. The summed E-state index contributed by atoms with van der Waals surface area (Å²) in [6, 6.07) is 3.45. The molecule has 19 heavy (non-hydrogen) atoms. The van der Waals surface area contributed by atoms with Crippen LogP contribution in [0.3, 0.4) is 0 Å². The van der Waals surface area contributed by atoms with E-state index in [2.05, 4.69) is 15.2 Å². The van der Waals surface area contributed by atoms with Crippen LogP contribution in [0.2, 0.25) is 0 Å². The summed E-state index contributed by atoms with van der Waals surface area (Å²) < 4.78 is 0. The van der Waals surface area contributed by atoms with Crippen molar-refractivity contribution in [3.05, 3.63) is 23.9 Å². The van der Waals surface area contributed by atoms with Crippen molar-refractivity contribution in [2.75, 3.05) is 31.6 Å². The first-order valence-corrected chi connectivity index (χ1v) is 6.86. The van der Waals surface area contributed by atoms with Crippen molar-refractivity contribution in [2.24, 2.45) is 11.7 Å². The first kappa shape index (κ1) is 13.8. The number of hydrogen-bond acceptors (Lipinski definition) is 4. The molecule has 5 heteroatoms. The molecule has 0 saturated carbocycles. The lowest BCUT2D eigenvalue weighted by atomic mass is 9.93. The van der Waals surface area contributed by atoms with E-state index in [0.717, 1.165) is 31.4 Å². The van der Waals surface area contributed by atoms with Crippen LogP contribution < -0.4 is 16.0 Å². The predicted octanol–water partition coefficient (Wildman–Crippen LogP) is 1.01. The molecule has 1 aromatic rings. The summed E-state index contributed by atoms with van der Waals surface area (Å²) in [5.41, 5.74) is 5.83. The maximum Gasteiger partial charge on any atom is 0.248 e. The van der Waals surface area contributed by atoms with Crippen molar-refractivity contribution < 1.29 is 4.79 Å². The molecule has 0 radical (unpaired) electrons. The van der Waals surface area contributed by atoms with Crippen molar-refractivity contribution in [1.29, 1.82) is 0 Å². The number of carbonyl (C=O) groups excluding carboxylic acids is 1. The molecule has 2 heterocycles. The van der Waals surface area contributed by atoms with Gasteiger partial charge in [0.1, 0.15) is 5.82 Å². The van der Waals surface area contributed by atoms with Crippen LogP contribution in [0, 0.1) is 5.92 Å². The minimum Gasteiger partial charge on any atom is -0.366 e. The summed E-state index contributed by atoms with van der Waals surface area (Å²) in [7, 11) is 1.99. The second-order valence-corrected chi connectivity index (χ2v) is 5.09. The molecule has 0 unspecified atom stereocenters. The summed E-state index contributed by atoms with van der Waals surface area (Å²) >= 11 is 0. The van der Waals surface area contributed by atoms with E-state index in [1.165, 1.54) is 19.3 Å². The quantitative estimate of drug-likeness (QED) is 0.830. The SMILES string of the molecule is CNCCC1CCN(c2cc(C(N)=O)ccn2)CC1. The second kappa shape index (κ2) is 6.52. The highest BCUT2D eigenvalue weighted by molar-refractivity contribution is 5.93. The van der Waals surface area contributed by atoms with E-state index in [4.69, 9.17) is 5.73 Å². The molecule has 2 rings (SSSR count). The van der Waals surface area contributed by atoms with Gasteiger partial charge in [0.05, 0.1) is 0 Å². The van der Waals surface area contributed by atoms with E-state index in [-0.39, 0.29) is 0 Å². The third-order valence-electron chi connectivity index (χ3n) is 3.77. The smallest absolute Gasteiger partial charge is 0.248 e. The minimum absolute atomic E-state index is 0.396. The number of amides is 1. The van der Waals surface area contributed by atoms with Crippen molar-refractivity contribution in [3.8, 4) is 0 Å². The number of anilines is 1. The molecule has 1 amide bonds. The van der Waals surface area contributed by atoms with Crippen LogP contribution in [0.25, 0.3) is 0 Å². The Morgan fingerprint density at radius 3 is 2.89 bits per heavy atom. The molecule has 1 fully saturated rings. The maximum absolute atomic E-state index is 11.2. The molecule has 1 aromatic heterocycles. The van der Waals surface area contributed by atoms with Gasteiger partial charge in [-0.15, -0.1) is 0 Å². The van der Waals surface area contributed by atoms with Crippen LogP contribution in [-0.2, 0) is 0 Å². The summed E-state index contributed by atoms with van der Waals surface area (Å²) in [5.74, 6) is 1.26. The van der Waals surface area contributed by atoms with Crippen molar-refractivity contribution in [2.45, 2.75) is 19.3 Å². The second-order valence-electron chi connectivity index (χ2n) is 5.09. The molecule has 1 aliphatic heterocycles. The van der Waals surface area contributed by atoms with Crippen molar-refractivity contribution in [1.82, 2.24) is 10.3 Å². The molecule has 0 atom stereocenters. The molecule has 104 valence electrons. The third kappa shape index (κ3) is 3.67. The Morgan fingerprint density at radius 1 is 1.53 bits per heavy atom. The zero-order valence-corrected chi connectivity index (χ0v) is 11.4. The zero-order chi connectivity index (χ0) is 13.7. The number of primary amides is 1. The summed E-state index contributed by atoms with van der Waals surface area (Å²) in [4.78, 5) is 17.8. The van der Waals surface area contributed by atoms with Gasteiger partial charge >= 0.3 is 0 Å². The molecule has 1 saturated heterocycles. The minimum atomic E-state index is -0.396.